The van der Waals surface area contributed by atoms with Gasteiger partial charge in [0.2, 0.25) is 0 Å². The van der Waals surface area contributed by atoms with Crippen molar-refractivity contribution in [2.45, 2.75) is 6.92 Å². The fourth-order valence-electron chi connectivity index (χ4n) is 3.01. The maximum absolute atomic E-state index is 12.4. The Hall–Kier alpha value is -4.48. The van der Waals surface area contributed by atoms with Gasteiger partial charge in [-0.15, -0.1) is 11.3 Å². The van der Waals surface area contributed by atoms with E-state index in [0.717, 1.165) is 27.6 Å². The van der Waals surface area contributed by atoms with E-state index in [1.54, 1.807) is 36.4 Å². The Labute approximate surface area is 201 Å². The molecular weight excluding hydrogens is 446 g/mol. The molecule has 0 aliphatic heterocycles. The number of amides is 1. The van der Waals surface area contributed by atoms with Gasteiger partial charge in [-0.3, -0.25) is 4.79 Å². The van der Waals surface area contributed by atoms with E-state index in [1.807, 2.05) is 47.8 Å². The highest BCUT2D eigenvalue weighted by molar-refractivity contribution is 7.14. The van der Waals surface area contributed by atoms with Crippen LogP contribution in [0.4, 0.5) is 10.8 Å². The van der Waals surface area contributed by atoms with Crippen LogP contribution in [0.1, 0.15) is 21.5 Å². The molecule has 2 N–H and O–H groups in total. The smallest absolute Gasteiger partial charge is 0.271 e. The van der Waals surface area contributed by atoms with Crippen LogP contribution in [0.3, 0.4) is 0 Å². The summed E-state index contributed by atoms with van der Waals surface area (Å²) >= 11 is 1.52. The van der Waals surface area contributed by atoms with Gasteiger partial charge in [-0.05, 0) is 61.0 Å². The summed E-state index contributed by atoms with van der Waals surface area (Å²) < 4.78 is 5.20. The number of nitrogens with one attached hydrogen (secondary N) is 2. The van der Waals surface area contributed by atoms with Crippen molar-refractivity contribution in [2.75, 3.05) is 11.9 Å². The number of rotatable bonds is 8. The highest BCUT2D eigenvalue weighted by Gasteiger charge is 2.08. The lowest BCUT2D eigenvalue weighted by Gasteiger charge is -2.03. The molecule has 0 bridgehead atoms. The maximum Gasteiger partial charge on any atom is 0.271 e. The minimum atomic E-state index is -0.309. The standard InChI is InChI=1S/C26H21N5O2S/c1-18-2-10-22(11-3-18)29-26-30-24(17-34-26)20-6-8-21(9-7-20)25(32)31-28-16-19-4-12-23(13-5-19)33-15-14-27/h2-13,16-17H,15H2,1H3,(H,29,30)(H,31,32)/b28-16-. The number of anilines is 2. The summed E-state index contributed by atoms with van der Waals surface area (Å²) in [5.74, 6) is 0.290. The molecule has 0 aliphatic carbocycles. The molecule has 8 heteroatoms. The molecule has 1 heterocycles. The second-order valence-electron chi connectivity index (χ2n) is 7.32. The molecule has 0 spiro atoms. The molecule has 7 nitrogen and oxygen atoms in total. The van der Waals surface area contributed by atoms with Crippen LogP contribution in [-0.4, -0.2) is 23.7 Å². The largest absolute Gasteiger partial charge is 0.479 e. The second-order valence-corrected chi connectivity index (χ2v) is 8.18. The van der Waals surface area contributed by atoms with E-state index in [4.69, 9.17) is 10.00 Å². The Morgan fingerprint density at radius 1 is 1.09 bits per heavy atom. The first kappa shape index (κ1) is 22.7. The van der Waals surface area contributed by atoms with Crippen molar-refractivity contribution in [3.05, 3.63) is 94.9 Å². The van der Waals surface area contributed by atoms with E-state index in [2.05, 4.69) is 27.8 Å². The molecule has 168 valence electrons. The Morgan fingerprint density at radius 3 is 2.53 bits per heavy atom. The summed E-state index contributed by atoms with van der Waals surface area (Å²) in [7, 11) is 0. The number of hydrazone groups is 1. The number of nitrogens with zero attached hydrogens (tertiary/aromatic N) is 3. The van der Waals surface area contributed by atoms with Crippen molar-refractivity contribution in [1.29, 1.82) is 5.26 Å². The average molecular weight is 468 g/mol. The van der Waals surface area contributed by atoms with Gasteiger partial charge in [0.1, 0.15) is 11.8 Å². The highest BCUT2D eigenvalue weighted by atomic mass is 32.1. The van der Waals surface area contributed by atoms with Crippen molar-refractivity contribution in [3.8, 4) is 23.1 Å². The van der Waals surface area contributed by atoms with Crippen LogP contribution >= 0.6 is 11.3 Å². The molecular formula is C26H21N5O2S. The van der Waals surface area contributed by atoms with E-state index in [9.17, 15) is 4.79 Å². The molecule has 4 aromatic rings. The number of hydrogen-bond acceptors (Lipinski definition) is 7. The van der Waals surface area contributed by atoms with E-state index in [1.165, 1.54) is 23.1 Å². The van der Waals surface area contributed by atoms with E-state index in [0.29, 0.717) is 11.3 Å². The Bertz CT molecular complexity index is 1320. The number of ether oxygens (including phenoxy) is 1. The van der Waals surface area contributed by atoms with Crippen molar-refractivity contribution < 1.29 is 9.53 Å². The molecule has 0 fully saturated rings. The summed E-state index contributed by atoms with van der Waals surface area (Å²) in [6.07, 6.45) is 1.54. The molecule has 34 heavy (non-hydrogen) atoms. The zero-order valence-electron chi connectivity index (χ0n) is 18.4. The van der Waals surface area contributed by atoms with E-state index < -0.39 is 0 Å². The lowest BCUT2D eigenvalue weighted by atomic mass is 10.1. The van der Waals surface area contributed by atoms with Gasteiger partial charge in [-0.1, -0.05) is 29.8 Å². The van der Waals surface area contributed by atoms with Crippen molar-refractivity contribution >= 4 is 34.3 Å². The van der Waals surface area contributed by atoms with Gasteiger partial charge >= 0.3 is 0 Å². The number of carbonyl (C=O) groups is 1. The lowest BCUT2D eigenvalue weighted by molar-refractivity contribution is 0.0955. The van der Waals surface area contributed by atoms with Crippen LogP contribution < -0.4 is 15.5 Å². The number of aryl methyl sites for hydroxylation is 1. The van der Waals surface area contributed by atoms with Crippen LogP contribution in [-0.2, 0) is 0 Å². The normalized spacial score (nSPS) is 10.6. The Morgan fingerprint density at radius 2 is 1.82 bits per heavy atom. The van der Waals surface area contributed by atoms with Gasteiger partial charge in [0.05, 0.1) is 11.9 Å². The van der Waals surface area contributed by atoms with Crippen molar-refractivity contribution in [2.24, 2.45) is 5.10 Å². The molecule has 4 rings (SSSR count). The molecule has 1 amide bonds. The number of aromatic nitrogens is 1. The summed E-state index contributed by atoms with van der Waals surface area (Å²) in [5.41, 5.74) is 7.77. The first-order valence-electron chi connectivity index (χ1n) is 10.4. The first-order valence-corrected chi connectivity index (χ1v) is 11.3. The first-order chi connectivity index (χ1) is 16.6. The topological polar surface area (TPSA) is 99.4 Å². The average Bonchev–Trinajstić information content (AvgIpc) is 3.33. The van der Waals surface area contributed by atoms with Crippen LogP contribution in [0.5, 0.6) is 5.75 Å². The van der Waals surface area contributed by atoms with Gasteiger partial charge in [0.25, 0.3) is 5.91 Å². The van der Waals surface area contributed by atoms with Crippen molar-refractivity contribution in [3.63, 3.8) is 0 Å². The molecule has 0 aliphatic rings. The predicted octanol–water partition coefficient (Wildman–Crippen LogP) is 5.53. The van der Waals surface area contributed by atoms with E-state index in [-0.39, 0.29) is 12.5 Å². The van der Waals surface area contributed by atoms with E-state index >= 15 is 0 Å². The lowest BCUT2D eigenvalue weighted by Crippen LogP contribution is -2.17. The Kier molecular flexibility index (Phi) is 7.28. The van der Waals surface area contributed by atoms with Crippen LogP contribution in [0, 0.1) is 18.3 Å². The highest BCUT2D eigenvalue weighted by Crippen LogP contribution is 2.27. The van der Waals surface area contributed by atoms with Gasteiger partial charge in [0, 0.05) is 22.2 Å². The monoisotopic (exact) mass is 467 g/mol. The van der Waals surface area contributed by atoms with Crippen LogP contribution in [0.25, 0.3) is 11.3 Å². The molecule has 0 saturated carbocycles. The molecule has 0 atom stereocenters. The molecule has 0 radical (unpaired) electrons. The SMILES string of the molecule is Cc1ccc(Nc2nc(-c3ccc(C(=O)N/N=C\c4ccc(OCC#N)cc4)cc3)cs2)cc1. The van der Waals surface area contributed by atoms with Gasteiger partial charge in [-0.2, -0.15) is 10.4 Å². The molecule has 0 saturated heterocycles. The summed E-state index contributed by atoms with van der Waals surface area (Å²) in [6, 6.07) is 24.3. The summed E-state index contributed by atoms with van der Waals surface area (Å²) in [4.78, 5) is 17.0. The second kappa shape index (κ2) is 10.9. The zero-order valence-corrected chi connectivity index (χ0v) is 19.2. The summed E-state index contributed by atoms with van der Waals surface area (Å²) in [6.45, 7) is 2.05. The van der Waals surface area contributed by atoms with Crippen molar-refractivity contribution in [1.82, 2.24) is 10.4 Å². The van der Waals surface area contributed by atoms with Gasteiger partial charge in [0.15, 0.2) is 11.7 Å². The minimum Gasteiger partial charge on any atom is -0.479 e. The fourth-order valence-corrected chi connectivity index (χ4v) is 3.75. The number of thiazole rings is 1. The van der Waals surface area contributed by atoms with Crippen LogP contribution in [0.2, 0.25) is 0 Å². The summed E-state index contributed by atoms with van der Waals surface area (Å²) in [5, 5.41) is 18.6. The predicted molar refractivity (Wildman–Crippen MR) is 135 cm³/mol. The number of nitriles is 1. The third-order valence-corrected chi connectivity index (χ3v) is 5.57. The number of carbonyl (C=O) groups excluding carboxylic acids is 1. The molecule has 1 aromatic heterocycles. The minimum absolute atomic E-state index is 0.00373. The number of hydrogen-bond donors (Lipinski definition) is 2. The number of benzene rings is 3. The van der Waals surface area contributed by atoms with Gasteiger partial charge in [-0.25, -0.2) is 10.4 Å². The Balaban J connectivity index is 1.33. The van der Waals surface area contributed by atoms with Gasteiger partial charge < -0.3 is 10.1 Å². The fraction of sp³-hybridized carbons (Fsp3) is 0.0769. The molecule has 3 aromatic carbocycles. The van der Waals surface area contributed by atoms with Crippen LogP contribution in [0.15, 0.2) is 83.3 Å². The molecule has 0 unspecified atom stereocenters. The third-order valence-electron chi connectivity index (χ3n) is 4.81. The maximum atomic E-state index is 12.4. The quantitative estimate of drug-likeness (QED) is 0.262. The zero-order chi connectivity index (χ0) is 23.8. The third kappa shape index (κ3) is 6.06.